The number of carbonyl (C=O) groups excluding carboxylic acids is 1. The van der Waals surface area contributed by atoms with Crippen molar-refractivity contribution in [2.24, 2.45) is 0 Å². The summed E-state index contributed by atoms with van der Waals surface area (Å²) in [4.78, 5) is 11.6. The first-order chi connectivity index (χ1) is 13.2. The highest BCUT2D eigenvalue weighted by molar-refractivity contribution is 5.72. The summed E-state index contributed by atoms with van der Waals surface area (Å²) >= 11 is 0. The SMILES string of the molecule is CCC(=O)Oc1ccc(OCc2ccccc2)c(OCc2ccccc2)c1. The molecule has 3 aromatic carbocycles. The maximum absolute atomic E-state index is 11.6. The minimum atomic E-state index is -0.290. The van der Waals surface area contributed by atoms with Crippen molar-refractivity contribution in [2.75, 3.05) is 0 Å². The van der Waals surface area contributed by atoms with Crippen molar-refractivity contribution in [2.45, 2.75) is 26.6 Å². The summed E-state index contributed by atoms with van der Waals surface area (Å²) in [6.45, 7) is 2.58. The first kappa shape index (κ1) is 18.5. The molecule has 0 heterocycles. The van der Waals surface area contributed by atoms with E-state index in [-0.39, 0.29) is 5.97 Å². The van der Waals surface area contributed by atoms with E-state index in [0.717, 1.165) is 11.1 Å². The van der Waals surface area contributed by atoms with E-state index in [2.05, 4.69) is 0 Å². The molecular weight excluding hydrogens is 340 g/mol. The average Bonchev–Trinajstić information content (AvgIpc) is 2.73. The lowest BCUT2D eigenvalue weighted by Gasteiger charge is -2.14. The van der Waals surface area contributed by atoms with Crippen molar-refractivity contribution in [3.8, 4) is 17.2 Å². The van der Waals surface area contributed by atoms with E-state index < -0.39 is 0 Å². The molecule has 0 saturated carbocycles. The fourth-order valence-electron chi connectivity index (χ4n) is 2.46. The molecule has 138 valence electrons. The van der Waals surface area contributed by atoms with Crippen molar-refractivity contribution >= 4 is 5.97 Å². The van der Waals surface area contributed by atoms with Crippen molar-refractivity contribution < 1.29 is 19.0 Å². The van der Waals surface area contributed by atoms with Crippen LogP contribution in [0.5, 0.6) is 17.2 Å². The molecule has 0 amide bonds. The van der Waals surface area contributed by atoms with Gasteiger partial charge in [0.1, 0.15) is 19.0 Å². The number of hydrogen-bond donors (Lipinski definition) is 0. The zero-order chi connectivity index (χ0) is 18.9. The van der Waals surface area contributed by atoms with Crippen LogP contribution < -0.4 is 14.2 Å². The quantitative estimate of drug-likeness (QED) is 0.410. The first-order valence-corrected chi connectivity index (χ1v) is 8.93. The van der Waals surface area contributed by atoms with Gasteiger partial charge in [0.25, 0.3) is 0 Å². The molecule has 0 radical (unpaired) electrons. The highest BCUT2D eigenvalue weighted by Gasteiger charge is 2.11. The van der Waals surface area contributed by atoms with Crippen molar-refractivity contribution in [1.29, 1.82) is 0 Å². The van der Waals surface area contributed by atoms with Crippen LogP contribution in [0.25, 0.3) is 0 Å². The van der Waals surface area contributed by atoms with Gasteiger partial charge in [-0.3, -0.25) is 4.79 Å². The highest BCUT2D eigenvalue weighted by atomic mass is 16.5. The van der Waals surface area contributed by atoms with E-state index in [1.54, 1.807) is 25.1 Å². The standard InChI is InChI=1S/C23H22O4/c1-2-23(24)27-20-13-14-21(25-16-18-9-5-3-6-10-18)22(15-20)26-17-19-11-7-4-8-12-19/h3-15H,2,16-17H2,1H3. The van der Waals surface area contributed by atoms with E-state index in [9.17, 15) is 4.79 Å². The van der Waals surface area contributed by atoms with Gasteiger partial charge in [-0.1, -0.05) is 67.6 Å². The Morgan fingerprint density at radius 2 is 1.30 bits per heavy atom. The smallest absolute Gasteiger partial charge is 0.310 e. The third kappa shape index (κ3) is 5.61. The Hall–Kier alpha value is -3.27. The molecule has 27 heavy (non-hydrogen) atoms. The third-order valence-electron chi connectivity index (χ3n) is 3.91. The summed E-state index contributed by atoms with van der Waals surface area (Å²) in [5.41, 5.74) is 2.11. The monoisotopic (exact) mass is 362 g/mol. The lowest BCUT2D eigenvalue weighted by molar-refractivity contribution is -0.134. The van der Waals surface area contributed by atoms with Gasteiger partial charge in [-0.15, -0.1) is 0 Å². The number of ether oxygens (including phenoxy) is 3. The van der Waals surface area contributed by atoms with E-state index in [4.69, 9.17) is 14.2 Å². The van der Waals surface area contributed by atoms with Gasteiger partial charge in [-0.05, 0) is 23.3 Å². The van der Waals surface area contributed by atoms with Crippen LogP contribution in [0, 0.1) is 0 Å². The molecule has 4 heteroatoms. The molecule has 0 bridgehead atoms. The van der Waals surface area contributed by atoms with Gasteiger partial charge in [0, 0.05) is 12.5 Å². The Balaban J connectivity index is 1.76. The largest absolute Gasteiger partial charge is 0.485 e. The van der Waals surface area contributed by atoms with Crippen LogP contribution in [0.15, 0.2) is 78.9 Å². The van der Waals surface area contributed by atoms with Crippen LogP contribution in [0.1, 0.15) is 24.5 Å². The minimum Gasteiger partial charge on any atom is -0.485 e. The molecule has 4 nitrogen and oxygen atoms in total. The Kier molecular flexibility index (Phi) is 6.47. The molecule has 0 N–H and O–H groups in total. The fourth-order valence-corrected chi connectivity index (χ4v) is 2.46. The number of carbonyl (C=O) groups is 1. The summed E-state index contributed by atoms with van der Waals surface area (Å²) < 4.78 is 17.2. The molecule has 3 aromatic rings. The van der Waals surface area contributed by atoms with E-state index >= 15 is 0 Å². The topological polar surface area (TPSA) is 44.8 Å². The number of rotatable bonds is 8. The van der Waals surface area contributed by atoms with Crippen molar-refractivity contribution in [3.05, 3.63) is 90.0 Å². The normalized spacial score (nSPS) is 10.3. The van der Waals surface area contributed by atoms with E-state index in [1.165, 1.54) is 0 Å². The number of benzene rings is 3. The summed E-state index contributed by atoms with van der Waals surface area (Å²) in [6.07, 6.45) is 0.312. The Labute approximate surface area is 159 Å². The first-order valence-electron chi connectivity index (χ1n) is 8.93. The van der Waals surface area contributed by atoms with Crippen LogP contribution in [0.2, 0.25) is 0 Å². The predicted molar refractivity (Wildman–Crippen MR) is 104 cm³/mol. The second kappa shape index (κ2) is 9.43. The molecule has 0 aliphatic rings. The van der Waals surface area contributed by atoms with Crippen LogP contribution in [-0.4, -0.2) is 5.97 Å². The minimum absolute atomic E-state index is 0.290. The van der Waals surface area contributed by atoms with Crippen molar-refractivity contribution in [1.82, 2.24) is 0 Å². The van der Waals surface area contributed by atoms with Crippen LogP contribution in [0.3, 0.4) is 0 Å². The predicted octanol–water partition coefficient (Wildman–Crippen LogP) is 5.16. The van der Waals surface area contributed by atoms with Gasteiger partial charge in [0.15, 0.2) is 11.5 Å². The molecular formula is C23H22O4. The van der Waals surface area contributed by atoms with Gasteiger partial charge in [0.05, 0.1) is 0 Å². The van der Waals surface area contributed by atoms with Gasteiger partial charge in [-0.2, -0.15) is 0 Å². The Morgan fingerprint density at radius 1 is 0.741 bits per heavy atom. The van der Waals surface area contributed by atoms with E-state index in [1.807, 2.05) is 60.7 Å². The molecule has 0 atom stereocenters. The molecule has 0 saturated heterocycles. The fraction of sp³-hybridized carbons (Fsp3) is 0.174. The van der Waals surface area contributed by atoms with E-state index in [0.29, 0.717) is 36.9 Å². The van der Waals surface area contributed by atoms with Crippen LogP contribution in [-0.2, 0) is 18.0 Å². The summed E-state index contributed by atoms with van der Waals surface area (Å²) in [7, 11) is 0. The van der Waals surface area contributed by atoms with Gasteiger partial charge in [-0.25, -0.2) is 0 Å². The van der Waals surface area contributed by atoms with Gasteiger partial charge < -0.3 is 14.2 Å². The lowest BCUT2D eigenvalue weighted by atomic mass is 10.2. The maximum Gasteiger partial charge on any atom is 0.310 e. The van der Waals surface area contributed by atoms with Crippen LogP contribution in [0.4, 0.5) is 0 Å². The third-order valence-corrected chi connectivity index (χ3v) is 3.91. The second-order valence-corrected chi connectivity index (χ2v) is 5.98. The number of esters is 1. The van der Waals surface area contributed by atoms with Gasteiger partial charge in [0.2, 0.25) is 0 Å². The molecule has 0 fully saturated rings. The second-order valence-electron chi connectivity index (χ2n) is 5.98. The lowest BCUT2D eigenvalue weighted by Crippen LogP contribution is -2.06. The summed E-state index contributed by atoms with van der Waals surface area (Å²) in [6, 6.07) is 25.0. The summed E-state index contributed by atoms with van der Waals surface area (Å²) in [5.74, 6) is 1.29. The zero-order valence-electron chi connectivity index (χ0n) is 15.3. The Morgan fingerprint density at radius 3 is 1.85 bits per heavy atom. The average molecular weight is 362 g/mol. The molecule has 0 spiro atoms. The maximum atomic E-state index is 11.6. The number of hydrogen-bond acceptors (Lipinski definition) is 4. The van der Waals surface area contributed by atoms with Crippen LogP contribution >= 0.6 is 0 Å². The molecule has 0 aromatic heterocycles. The molecule has 0 unspecified atom stereocenters. The molecule has 0 aliphatic carbocycles. The zero-order valence-corrected chi connectivity index (χ0v) is 15.3. The summed E-state index contributed by atoms with van der Waals surface area (Å²) in [5, 5.41) is 0. The molecule has 0 aliphatic heterocycles. The molecule has 3 rings (SSSR count). The highest BCUT2D eigenvalue weighted by Crippen LogP contribution is 2.33. The Bertz CT molecular complexity index is 860. The van der Waals surface area contributed by atoms with Gasteiger partial charge >= 0.3 is 5.97 Å². The van der Waals surface area contributed by atoms with Crippen molar-refractivity contribution in [3.63, 3.8) is 0 Å².